The lowest BCUT2D eigenvalue weighted by Gasteiger charge is -2.14. The van der Waals surface area contributed by atoms with Gasteiger partial charge in [0.2, 0.25) is 5.91 Å². The molecule has 28 heavy (non-hydrogen) atoms. The number of nitrogens with zero attached hydrogens (tertiary/aromatic N) is 1. The predicted octanol–water partition coefficient (Wildman–Crippen LogP) is 2.17. The van der Waals surface area contributed by atoms with Crippen molar-refractivity contribution in [3.63, 3.8) is 0 Å². The fourth-order valence-electron chi connectivity index (χ4n) is 3.27. The Balaban J connectivity index is 1.65. The molecular formula is C20H21FN4O3. The van der Waals surface area contributed by atoms with Crippen LogP contribution < -0.4 is 11.1 Å². The second-order valence-corrected chi connectivity index (χ2v) is 6.79. The Morgan fingerprint density at radius 1 is 1.25 bits per heavy atom. The molecule has 0 aliphatic carbocycles. The first-order valence-electron chi connectivity index (χ1n) is 8.83. The van der Waals surface area contributed by atoms with Gasteiger partial charge in [0, 0.05) is 29.0 Å². The molecule has 1 saturated heterocycles. The molecule has 1 aliphatic rings. The molecule has 2 aromatic rings. The first-order valence-corrected chi connectivity index (χ1v) is 8.83. The molecule has 0 spiro atoms. The summed E-state index contributed by atoms with van der Waals surface area (Å²) in [6.07, 6.45) is 0.599. The molecule has 146 valence electrons. The van der Waals surface area contributed by atoms with E-state index >= 15 is 0 Å². The number of amides is 1. The molecule has 0 radical (unpaired) electrons. The number of nitrogens with two attached hydrogens (primary N) is 1. The van der Waals surface area contributed by atoms with Crippen molar-refractivity contribution in [2.45, 2.75) is 6.42 Å². The number of carboxylic acids is 1. The lowest BCUT2D eigenvalue weighted by molar-refractivity contribution is -0.138. The second kappa shape index (κ2) is 8.18. The van der Waals surface area contributed by atoms with E-state index in [0.717, 1.165) is 0 Å². The van der Waals surface area contributed by atoms with Crippen LogP contribution >= 0.6 is 0 Å². The molecule has 3 rings (SSSR count). The van der Waals surface area contributed by atoms with Crippen molar-refractivity contribution in [1.82, 2.24) is 4.90 Å². The zero-order valence-corrected chi connectivity index (χ0v) is 15.1. The van der Waals surface area contributed by atoms with Crippen LogP contribution in [0.2, 0.25) is 0 Å². The fraction of sp³-hybridized carbons (Fsp3) is 0.250. The fourth-order valence-corrected chi connectivity index (χ4v) is 3.27. The molecule has 1 fully saturated rings. The Bertz CT molecular complexity index is 914. The number of hydrogen-bond acceptors (Lipinski definition) is 5. The van der Waals surface area contributed by atoms with Crippen LogP contribution in [0.25, 0.3) is 0 Å². The molecule has 7 nitrogen and oxygen atoms in total. The maximum absolute atomic E-state index is 13.1. The van der Waals surface area contributed by atoms with Gasteiger partial charge in [-0.3, -0.25) is 19.9 Å². The van der Waals surface area contributed by atoms with Crippen LogP contribution in [0.4, 0.5) is 15.8 Å². The first-order chi connectivity index (χ1) is 13.3. The van der Waals surface area contributed by atoms with E-state index in [0.29, 0.717) is 42.0 Å². The summed E-state index contributed by atoms with van der Waals surface area (Å²) >= 11 is 0. The summed E-state index contributed by atoms with van der Waals surface area (Å²) in [7, 11) is 0. The third kappa shape index (κ3) is 4.52. The van der Waals surface area contributed by atoms with Gasteiger partial charge >= 0.3 is 5.97 Å². The number of nitrogens with one attached hydrogen (secondary N) is 2. The number of carboxylic acid groups (broad SMARTS) is 1. The SMILES string of the molecule is N=C(c1ccc(F)cc1)c1ccc(NC(=O)C2CCN(CC(=O)O)C2)cc1N. The van der Waals surface area contributed by atoms with Gasteiger partial charge in [0.1, 0.15) is 5.82 Å². The highest BCUT2D eigenvalue weighted by Crippen LogP contribution is 2.23. The van der Waals surface area contributed by atoms with Crippen LogP contribution in [-0.4, -0.2) is 47.2 Å². The smallest absolute Gasteiger partial charge is 0.317 e. The van der Waals surface area contributed by atoms with Crippen LogP contribution in [0.1, 0.15) is 17.5 Å². The van der Waals surface area contributed by atoms with E-state index < -0.39 is 5.97 Å². The topological polar surface area (TPSA) is 120 Å². The molecule has 1 atom stereocenters. The Kier molecular flexibility index (Phi) is 5.70. The van der Waals surface area contributed by atoms with Gasteiger partial charge in [0.05, 0.1) is 18.2 Å². The first kappa shape index (κ1) is 19.5. The number of carbonyl (C=O) groups is 2. The minimum atomic E-state index is -0.909. The molecule has 1 unspecified atom stereocenters. The third-order valence-electron chi connectivity index (χ3n) is 4.72. The van der Waals surface area contributed by atoms with Gasteiger partial charge in [0.25, 0.3) is 0 Å². The summed E-state index contributed by atoms with van der Waals surface area (Å²) in [6.45, 7) is 0.901. The van der Waals surface area contributed by atoms with E-state index in [9.17, 15) is 14.0 Å². The van der Waals surface area contributed by atoms with Gasteiger partial charge in [-0.25, -0.2) is 4.39 Å². The van der Waals surface area contributed by atoms with Crippen molar-refractivity contribution in [3.05, 3.63) is 59.4 Å². The number of anilines is 2. The molecule has 8 heteroatoms. The van der Waals surface area contributed by atoms with Crippen molar-refractivity contribution in [2.75, 3.05) is 30.7 Å². The number of hydrogen-bond donors (Lipinski definition) is 4. The minimum absolute atomic E-state index is 0.0725. The van der Waals surface area contributed by atoms with Crippen LogP contribution in [-0.2, 0) is 9.59 Å². The molecular weight excluding hydrogens is 363 g/mol. The summed E-state index contributed by atoms with van der Waals surface area (Å²) in [5.74, 6) is -1.75. The molecule has 1 heterocycles. The number of rotatable bonds is 6. The Hall–Kier alpha value is -3.26. The van der Waals surface area contributed by atoms with Crippen molar-refractivity contribution in [2.24, 2.45) is 5.92 Å². The van der Waals surface area contributed by atoms with E-state index in [1.54, 1.807) is 23.1 Å². The summed E-state index contributed by atoms with van der Waals surface area (Å²) in [5.41, 5.74) is 8.07. The monoisotopic (exact) mass is 384 g/mol. The summed E-state index contributed by atoms with van der Waals surface area (Å²) < 4.78 is 13.1. The number of aliphatic carboxylic acids is 1. The van der Waals surface area contributed by atoms with Crippen molar-refractivity contribution >= 4 is 29.0 Å². The zero-order chi connectivity index (χ0) is 20.3. The van der Waals surface area contributed by atoms with Crippen LogP contribution in [0.3, 0.4) is 0 Å². The van der Waals surface area contributed by atoms with Gasteiger partial charge in [-0.2, -0.15) is 0 Å². The molecule has 0 bridgehead atoms. The Morgan fingerprint density at radius 3 is 2.61 bits per heavy atom. The van der Waals surface area contributed by atoms with Gasteiger partial charge in [-0.15, -0.1) is 0 Å². The van der Waals surface area contributed by atoms with E-state index in [2.05, 4.69) is 5.32 Å². The summed E-state index contributed by atoms with van der Waals surface area (Å²) in [6, 6.07) is 10.5. The zero-order valence-electron chi connectivity index (χ0n) is 15.1. The van der Waals surface area contributed by atoms with Crippen molar-refractivity contribution in [3.8, 4) is 0 Å². The Labute approximate surface area is 161 Å². The van der Waals surface area contributed by atoms with E-state index in [4.69, 9.17) is 16.2 Å². The summed E-state index contributed by atoms with van der Waals surface area (Å²) in [5, 5.41) is 19.9. The van der Waals surface area contributed by atoms with E-state index in [-0.39, 0.29) is 29.9 Å². The predicted molar refractivity (Wildman–Crippen MR) is 104 cm³/mol. The quantitative estimate of drug-likeness (QED) is 0.449. The minimum Gasteiger partial charge on any atom is -0.480 e. The average molecular weight is 384 g/mol. The molecule has 2 aromatic carbocycles. The number of carbonyl (C=O) groups excluding carboxylic acids is 1. The third-order valence-corrected chi connectivity index (χ3v) is 4.72. The van der Waals surface area contributed by atoms with Crippen LogP contribution in [0.5, 0.6) is 0 Å². The van der Waals surface area contributed by atoms with Gasteiger partial charge in [0.15, 0.2) is 0 Å². The maximum Gasteiger partial charge on any atom is 0.317 e. The molecule has 1 aliphatic heterocycles. The van der Waals surface area contributed by atoms with E-state index in [1.165, 1.54) is 24.3 Å². The van der Waals surface area contributed by atoms with Crippen LogP contribution in [0.15, 0.2) is 42.5 Å². The highest BCUT2D eigenvalue weighted by Gasteiger charge is 2.29. The lowest BCUT2D eigenvalue weighted by Crippen LogP contribution is -2.30. The second-order valence-electron chi connectivity index (χ2n) is 6.79. The number of likely N-dealkylation sites (tertiary alicyclic amines) is 1. The van der Waals surface area contributed by atoms with Crippen molar-refractivity contribution in [1.29, 1.82) is 5.41 Å². The maximum atomic E-state index is 13.1. The average Bonchev–Trinajstić information content (AvgIpc) is 3.10. The largest absolute Gasteiger partial charge is 0.480 e. The standard InChI is InChI=1S/C20H21FN4O3/c21-14-3-1-12(2-4-14)19(23)16-6-5-15(9-17(16)22)24-20(28)13-7-8-25(10-13)11-18(26)27/h1-6,9,13,23H,7-8,10-11,22H2,(H,24,28)(H,26,27). The highest BCUT2D eigenvalue weighted by atomic mass is 19.1. The molecule has 5 N–H and O–H groups in total. The van der Waals surface area contributed by atoms with Crippen molar-refractivity contribution < 1.29 is 19.1 Å². The van der Waals surface area contributed by atoms with Gasteiger partial charge in [-0.05, 0) is 55.4 Å². The molecule has 1 amide bonds. The highest BCUT2D eigenvalue weighted by molar-refractivity contribution is 6.14. The van der Waals surface area contributed by atoms with Gasteiger partial charge < -0.3 is 16.2 Å². The number of nitrogen functional groups attached to an aromatic ring is 1. The van der Waals surface area contributed by atoms with Crippen LogP contribution in [0, 0.1) is 17.1 Å². The molecule has 0 saturated carbocycles. The van der Waals surface area contributed by atoms with E-state index in [1.807, 2.05) is 0 Å². The normalized spacial score (nSPS) is 16.7. The Morgan fingerprint density at radius 2 is 1.96 bits per heavy atom. The molecule has 0 aromatic heterocycles. The summed E-state index contributed by atoms with van der Waals surface area (Å²) in [4.78, 5) is 24.9. The number of halogens is 1. The number of benzene rings is 2. The lowest BCUT2D eigenvalue weighted by atomic mass is 10.0. The van der Waals surface area contributed by atoms with Gasteiger partial charge in [-0.1, -0.05) is 0 Å².